The minimum absolute atomic E-state index is 0.00942. The van der Waals surface area contributed by atoms with Crippen molar-refractivity contribution in [3.8, 4) is 0 Å². The second-order valence-electron chi connectivity index (χ2n) is 15.8. The van der Waals surface area contributed by atoms with Crippen molar-refractivity contribution in [2.75, 3.05) is 26.9 Å². The molecule has 7 aliphatic carbocycles. The summed E-state index contributed by atoms with van der Waals surface area (Å²) in [4.78, 5) is 53.9. The van der Waals surface area contributed by atoms with Crippen LogP contribution in [0.2, 0.25) is 0 Å². The summed E-state index contributed by atoms with van der Waals surface area (Å²) in [5.74, 6) is -4.38. The van der Waals surface area contributed by atoms with Crippen molar-refractivity contribution in [1.82, 2.24) is 0 Å². The molecular formula is C36H42O11. The van der Waals surface area contributed by atoms with Gasteiger partial charge in [0.1, 0.15) is 23.9 Å². The first-order chi connectivity index (χ1) is 22.2. The van der Waals surface area contributed by atoms with E-state index in [1.807, 2.05) is 6.92 Å². The molecule has 5 fully saturated rings. The maximum Gasteiger partial charge on any atom is 0.337 e. The molecule has 0 radical (unpaired) electrons. The number of hydrogen-bond donors (Lipinski definition) is 4. The Kier molecular flexibility index (Phi) is 6.31. The molecule has 11 heteroatoms. The smallest absolute Gasteiger partial charge is 0.337 e. The van der Waals surface area contributed by atoms with Gasteiger partial charge in [-0.15, -0.1) is 0 Å². The van der Waals surface area contributed by atoms with Crippen molar-refractivity contribution in [2.45, 2.75) is 70.7 Å². The second kappa shape index (κ2) is 9.52. The molecule has 1 aliphatic heterocycles. The van der Waals surface area contributed by atoms with Crippen molar-refractivity contribution in [3.63, 3.8) is 0 Å². The third kappa shape index (κ3) is 3.46. The highest BCUT2D eigenvalue weighted by Crippen LogP contribution is 2.83. The molecule has 1 heterocycles. The van der Waals surface area contributed by atoms with Crippen molar-refractivity contribution in [3.05, 3.63) is 45.1 Å². The van der Waals surface area contributed by atoms with E-state index in [0.29, 0.717) is 24.0 Å². The van der Waals surface area contributed by atoms with Crippen LogP contribution in [0.5, 0.6) is 0 Å². The van der Waals surface area contributed by atoms with E-state index in [-0.39, 0.29) is 60.0 Å². The first-order valence-corrected chi connectivity index (χ1v) is 16.7. The molecule has 1 spiro atoms. The number of Topliss-reactive ketones (excluding diaryl/α,β-unsaturated/α-hetero) is 1. The topological polar surface area (TPSA) is 177 Å². The standard InChI is InChI=1S/C36H42O11/c1-14(11-37)6-25(39)46-13-35(44)22-9-21(22)33(3)23(35)10-20-18(12-38)32(43)47-36(20)24(33)8-17-16-7-19(16)34(4)27(17)28(36)26(29(40)30(34)41)15(2)31(42)45-5/h6,16,19,21-24,28,30,37-38,41,44H,7-13H2,1-5H3. The van der Waals surface area contributed by atoms with Gasteiger partial charge in [0, 0.05) is 34.5 Å². The fourth-order valence-corrected chi connectivity index (χ4v) is 12.0. The van der Waals surface area contributed by atoms with E-state index in [1.54, 1.807) is 6.92 Å². The van der Waals surface area contributed by atoms with Gasteiger partial charge in [0.25, 0.3) is 0 Å². The van der Waals surface area contributed by atoms with Crippen molar-refractivity contribution >= 4 is 23.7 Å². The van der Waals surface area contributed by atoms with E-state index in [2.05, 4.69) is 6.92 Å². The number of ketones is 1. The maximum atomic E-state index is 14.4. The molecule has 12 unspecified atom stereocenters. The van der Waals surface area contributed by atoms with E-state index in [1.165, 1.54) is 20.1 Å². The zero-order chi connectivity index (χ0) is 33.7. The lowest BCUT2D eigenvalue weighted by Crippen LogP contribution is -2.67. The molecule has 4 N–H and O–H groups in total. The molecule has 8 rings (SSSR count). The molecule has 12 atom stereocenters. The van der Waals surface area contributed by atoms with E-state index in [4.69, 9.17) is 14.2 Å². The van der Waals surface area contributed by atoms with E-state index < -0.39 is 76.2 Å². The summed E-state index contributed by atoms with van der Waals surface area (Å²) in [5, 5.41) is 44.2. The third-order valence-corrected chi connectivity index (χ3v) is 14.2. The Bertz CT molecular complexity index is 1700. The lowest BCUT2D eigenvalue weighted by molar-refractivity contribution is -0.191. The SMILES string of the molecule is COC(=O)C(C)=C1C(=O)C(O)C2(C)C3=C(CC4C5(OC(=O)C(CO)=C5CC5C(O)(COC(=O)C=C(C)CO)C6CC6C54C)C13)C1CC12. The van der Waals surface area contributed by atoms with Crippen LogP contribution in [0.1, 0.15) is 53.4 Å². The van der Waals surface area contributed by atoms with Crippen LogP contribution in [0, 0.1) is 52.3 Å². The van der Waals surface area contributed by atoms with Crippen LogP contribution in [-0.2, 0) is 33.4 Å². The van der Waals surface area contributed by atoms with E-state index in [0.717, 1.165) is 17.6 Å². The average Bonchev–Trinajstić information content (AvgIpc) is 3.96. The van der Waals surface area contributed by atoms with Crippen molar-refractivity contribution in [2.24, 2.45) is 52.3 Å². The van der Waals surface area contributed by atoms with Crippen LogP contribution in [0.3, 0.4) is 0 Å². The third-order valence-electron chi connectivity index (χ3n) is 14.2. The van der Waals surface area contributed by atoms with Crippen LogP contribution < -0.4 is 0 Å². The highest BCUT2D eigenvalue weighted by Gasteiger charge is 2.84. The number of allylic oxidation sites excluding steroid dienone is 1. The Morgan fingerprint density at radius 3 is 2.43 bits per heavy atom. The molecular weight excluding hydrogens is 608 g/mol. The number of aliphatic hydroxyl groups excluding tert-OH is 3. The van der Waals surface area contributed by atoms with Crippen LogP contribution in [0.25, 0.3) is 0 Å². The molecule has 0 aromatic heterocycles. The number of rotatable bonds is 6. The van der Waals surface area contributed by atoms with Gasteiger partial charge in [-0.3, -0.25) is 4.79 Å². The normalized spacial score (nSPS) is 47.7. The van der Waals surface area contributed by atoms with Crippen LogP contribution in [0.15, 0.2) is 45.1 Å². The van der Waals surface area contributed by atoms with Crippen LogP contribution in [0.4, 0.5) is 0 Å². The zero-order valence-corrected chi connectivity index (χ0v) is 27.3. The zero-order valence-electron chi connectivity index (χ0n) is 27.3. The molecule has 5 saturated carbocycles. The molecule has 0 saturated heterocycles. The summed E-state index contributed by atoms with van der Waals surface area (Å²) in [7, 11) is 1.23. The number of aliphatic hydroxyl groups is 4. The minimum atomic E-state index is -1.43. The molecule has 47 heavy (non-hydrogen) atoms. The Balaban J connectivity index is 1.34. The Labute approximate surface area is 272 Å². The van der Waals surface area contributed by atoms with E-state index in [9.17, 15) is 39.6 Å². The lowest BCUT2D eigenvalue weighted by atomic mass is 9.42. The number of ether oxygens (including phenoxy) is 3. The summed E-state index contributed by atoms with van der Waals surface area (Å²) in [5.41, 5.74) is -1.21. The summed E-state index contributed by atoms with van der Waals surface area (Å²) >= 11 is 0. The van der Waals surface area contributed by atoms with Crippen molar-refractivity contribution < 1.29 is 53.8 Å². The lowest BCUT2D eigenvalue weighted by Gasteiger charge is -2.63. The van der Waals surface area contributed by atoms with Gasteiger partial charge in [-0.2, -0.15) is 0 Å². The number of esters is 3. The van der Waals surface area contributed by atoms with Gasteiger partial charge in [0.2, 0.25) is 0 Å². The number of methoxy groups -OCH3 is 1. The maximum absolute atomic E-state index is 14.4. The first kappa shape index (κ1) is 31.2. The summed E-state index contributed by atoms with van der Waals surface area (Å²) in [6.07, 6.45) is 2.02. The molecule has 0 amide bonds. The molecule has 0 bridgehead atoms. The van der Waals surface area contributed by atoms with Gasteiger partial charge >= 0.3 is 17.9 Å². The Morgan fingerprint density at radius 1 is 1.04 bits per heavy atom. The Hall–Kier alpha value is -3.12. The van der Waals surface area contributed by atoms with Gasteiger partial charge in [0.05, 0.1) is 31.8 Å². The Morgan fingerprint density at radius 2 is 1.77 bits per heavy atom. The number of hydrogen-bond acceptors (Lipinski definition) is 11. The summed E-state index contributed by atoms with van der Waals surface area (Å²) < 4.78 is 17.3. The highest BCUT2D eigenvalue weighted by molar-refractivity contribution is 6.09. The minimum Gasteiger partial charge on any atom is -0.466 e. The van der Waals surface area contributed by atoms with E-state index >= 15 is 0 Å². The predicted molar refractivity (Wildman–Crippen MR) is 162 cm³/mol. The molecule has 252 valence electrons. The number of fused-ring (bicyclic) bond motifs is 7. The molecule has 8 aliphatic rings. The van der Waals surface area contributed by atoms with Gasteiger partial charge in [-0.1, -0.05) is 19.4 Å². The molecule has 0 aromatic carbocycles. The largest absolute Gasteiger partial charge is 0.466 e. The fraction of sp³-hybridized carbons (Fsp3) is 0.667. The molecule has 11 nitrogen and oxygen atoms in total. The summed E-state index contributed by atoms with van der Waals surface area (Å²) in [6.45, 7) is 5.98. The van der Waals surface area contributed by atoms with Gasteiger partial charge < -0.3 is 34.6 Å². The quantitative estimate of drug-likeness (QED) is 0.142. The monoisotopic (exact) mass is 650 g/mol. The van der Waals surface area contributed by atoms with Crippen LogP contribution in [-0.4, -0.2) is 88.4 Å². The van der Waals surface area contributed by atoms with Gasteiger partial charge in [-0.25, -0.2) is 14.4 Å². The van der Waals surface area contributed by atoms with Crippen molar-refractivity contribution in [1.29, 1.82) is 0 Å². The first-order valence-electron chi connectivity index (χ1n) is 16.7. The fourth-order valence-electron chi connectivity index (χ4n) is 12.0. The summed E-state index contributed by atoms with van der Waals surface area (Å²) in [6, 6.07) is 0. The average molecular weight is 651 g/mol. The second-order valence-corrected chi connectivity index (χ2v) is 15.8. The molecule has 0 aromatic rings. The number of carbonyl (C=O) groups excluding carboxylic acids is 4. The number of carbonyl (C=O) groups is 4. The highest BCUT2D eigenvalue weighted by atomic mass is 16.6. The van der Waals surface area contributed by atoms with Gasteiger partial charge in [0.15, 0.2) is 5.78 Å². The van der Waals surface area contributed by atoms with Gasteiger partial charge in [-0.05, 0) is 85.3 Å². The predicted octanol–water partition coefficient (Wildman–Crippen LogP) is 1.48. The van der Waals surface area contributed by atoms with Crippen LogP contribution >= 0.6 is 0 Å².